The highest BCUT2D eigenvalue weighted by Crippen LogP contribution is 2.20. The third kappa shape index (κ3) is 2.62. The largest absolute Gasteiger partial charge is 0.418 e. The zero-order valence-electron chi connectivity index (χ0n) is 9.06. The van der Waals surface area contributed by atoms with E-state index in [1.165, 1.54) is 12.8 Å². The normalized spacial score (nSPS) is 15.1. The Kier molecular flexibility index (Phi) is 2.78. The summed E-state index contributed by atoms with van der Waals surface area (Å²) in [6.07, 6.45) is 4.03. The van der Waals surface area contributed by atoms with Crippen LogP contribution in [0.2, 0.25) is 5.02 Å². The molecular weight excluding hydrogens is 240 g/mol. The number of aromatic nitrogens is 3. The van der Waals surface area contributed by atoms with Gasteiger partial charge in [0.15, 0.2) is 0 Å². The second-order valence-electron chi connectivity index (χ2n) is 4.02. The molecule has 5 nitrogen and oxygen atoms in total. The maximum Gasteiger partial charge on any atom is 0.266 e. The Morgan fingerprint density at radius 2 is 2.24 bits per heavy atom. The molecule has 0 saturated heterocycles. The van der Waals surface area contributed by atoms with Crippen molar-refractivity contribution in [3.05, 3.63) is 29.2 Å². The number of halogens is 1. The summed E-state index contributed by atoms with van der Waals surface area (Å²) in [6.45, 7) is 0.616. The van der Waals surface area contributed by atoms with Crippen LogP contribution in [-0.4, -0.2) is 21.2 Å². The molecule has 0 spiro atoms. The predicted molar refractivity (Wildman–Crippen MR) is 62.4 cm³/mol. The lowest BCUT2D eigenvalue weighted by molar-refractivity contribution is 0.475. The molecule has 0 aliphatic heterocycles. The molecule has 3 rings (SSSR count). The summed E-state index contributed by atoms with van der Waals surface area (Å²) in [5.41, 5.74) is 0.638. The van der Waals surface area contributed by atoms with Crippen LogP contribution in [0.5, 0.6) is 0 Å². The number of hydrogen-bond donors (Lipinski definition) is 1. The topological polar surface area (TPSA) is 63.8 Å². The summed E-state index contributed by atoms with van der Waals surface area (Å²) in [6, 6.07) is 4.13. The Labute approximate surface area is 103 Å². The fourth-order valence-corrected chi connectivity index (χ4v) is 1.56. The van der Waals surface area contributed by atoms with Gasteiger partial charge in [0.1, 0.15) is 5.69 Å². The average molecular weight is 251 g/mol. The van der Waals surface area contributed by atoms with Crippen LogP contribution in [0.4, 0.5) is 0 Å². The first kappa shape index (κ1) is 10.7. The van der Waals surface area contributed by atoms with Gasteiger partial charge >= 0.3 is 0 Å². The van der Waals surface area contributed by atoms with Crippen LogP contribution >= 0.6 is 11.6 Å². The van der Waals surface area contributed by atoms with E-state index >= 15 is 0 Å². The zero-order chi connectivity index (χ0) is 11.7. The Morgan fingerprint density at radius 1 is 1.35 bits per heavy atom. The summed E-state index contributed by atoms with van der Waals surface area (Å²) < 4.78 is 5.50. The number of nitrogens with zero attached hydrogens (tertiary/aromatic N) is 3. The first-order valence-electron chi connectivity index (χ1n) is 5.49. The molecule has 2 aromatic rings. The molecule has 1 saturated carbocycles. The van der Waals surface area contributed by atoms with Gasteiger partial charge in [0.2, 0.25) is 5.89 Å². The average Bonchev–Trinajstić information content (AvgIpc) is 3.06. The van der Waals surface area contributed by atoms with Crippen LogP contribution in [-0.2, 0) is 6.54 Å². The number of hydrogen-bond acceptors (Lipinski definition) is 5. The van der Waals surface area contributed by atoms with E-state index in [4.69, 9.17) is 16.0 Å². The van der Waals surface area contributed by atoms with Crippen molar-refractivity contribution in [3.63, 3.8) is 0 Å². The van der Waals surface area contributed by atoms with Crippen LogP contribution in [0, 0.1) is 0 Å². The maximum absolute atomic E-state index is 5.76. The van der Waals surface area contributed by atoms with E-state index in [1.807, 2.05) is 0 Å². The number of nitrogens with one attached hydrogen (secondary N) is 1. The molecule has 0 unspecified atom stereocenters. The lowest BCUT2D eigenvalue weighted by Gasteiger charge is -1.96. The smallest absolute Gasteiger partial charge is 0.266 e. The molecule has 0 amide bonds. The summed E-state index contributed by atoms with van der Waals surface area (Å²) >= 11 is 5.76. The van der Waals surface area contributed by atoms with E-state index in [0.717, 1.165) is 0 Å². The first-order chi connectivity index (χ1) is 8.31. The monoisotopic (exact) mass is 250 g/mol. The van der Waals surface area contributed by atoms with Gasteiger partial charge in [-0.05, 0) is 25.0 Å². The molecule has 1 aliphatic rings. The minimum atomic E-state index is 0.425. The molecule has 17 heavy (non-hydrogen) atoms. The molecule has 1 aliphatic carbocycles. The van der Waals surface area contributed by atoms with Crippen LogP contribution in [0.25, 0.3) is 11.6 Å². The third-order valence-corrected chi connectivity index (χ3v) is 2.76. The minimum absolute atomic E-state index is 0.425. The second-order valence-corrected chi connectivity index (χ2v) is 4.45. The van der Waals surface area contributed by atoms with Gasteiger partial charge in [-0.3, -0.25) is 0 Å². The number of pyridine rings is 1. The Morgan fingerprint density at radius 3 is 2.94 bits per heavy atom. The van der Waals surface area contributed by atoms with Crippen molar-refractivity contribution in [1.29, 1.82) is 0 Å². The highest BCUT2D eigenvalue weighted by atomic mass is 35.5. The molecular formula is C11H11ClN4O. The molecule has 88 valence electrons. The van der Waals surface area contributed by atoms with Gasteiger partial charge in [-0.15, -0.1) is 10.2 Å². The van der Waals surface area contributed by atoms with Crippen molar-refractivity contribution in [2.75, 3.05) is 0 Å². The van der Waals surface area contributed by atoms with Crippen molar-refractivity contribution in [3.8, 4) is 11.6 Å². The van der Waals surface area contributed by atoms with E-state index in [0.29, 0.717) is 35.1 Å². The van der Waals surface area contributed by atoms with Crippen LogP contribution in [0.15, 0.2) is 22.7 Å². The molecule has 6 heteroatoms. The van der Waals surface area contributed by atoms with Gasteiger partial charge in [0, 0.05) is 12.2 Å². The van der Waals surface area contributed by atoms with E-state index in [2.05, 4.69) is 20.5 Å². The molecule has 0 bridgehead atoms. The fraction of sp³-hybridized carbons (Fsp3) is 0.364. The van der Waals surface area contributed by atoms with E-state index in [9.17, 15) is 0 Å². The van der Waals surface area contributed by atoms with Crippen molar-refractivity contribution in [2.45, 2.75) is 25.4 Å². The molecule has 2 aromatic heterocycles. The van der Waals surface area contributed by atoms with Crippen molar-refractivity contribution >= 4 is 11.6 Å². The molecule has 1 N–H and O–H groups in total. The van der Waals surface area contributed by atoms with Gasteiger partial charge in [-0.1, -0.05) is 11.6 Å². The van der Waals surface area contributed by atoms with Crippen LogP contribution in [0.1, 0.15) is 18.7 Å². The predicted octanol–water partition coefficient (Wildman–Crippen LogP) is 2.04. The Balaban J connectivity index is 1.72. The van der Waals surface area contributed by atoms with Crippen molar-refractivity contribution in [1.82, 2.24) is 20.5 Å². The molecule has 0 radical (unpaired) electrons. The van der Waals surface area contributed by atoms with Crippen LogP contribution < -0.4 is 5.32 Å². The standard InChI is InChI=1S/C11H11ClN4O/c12-7-1-4-9(14-5-7)11-16-15-10(17-11)6-13-8-2-3-8/h1,4-5,8,13H,2-3,6H2. The summed E-state index contributed by atoms with van der Waals surface area (Å²) in [4.78, 5) is 4.12. The highest BCUT2D eigenvalue weighted by molar-refractivity contribution is 6.30. The van der Waals surface area contributed by atoms with Gasteiger partial charge in [-0.2, -0.15) is 0 Å². The number of rotatable bonds is 4. The quantitative estimate of drug-likeness (QED) is 0.900. The Bertz CT molecular complexity index is 506. The summed E-state index contributed by atoms with van der Waals surface area (Å²) in [7, 11) is 0. The lowest BCUT2D eigenvalue weighted by Crippen LogP contribution is -2.15. The molecule has 2 heterocycles. The summed E-state index contributed by atoms with van der Waals surface area (Å²) in [5, 5.41) is 11.8. The van der Waals surface area contributed by atoms with E-state index < -0.39 is 0 Å². The van der Waals surface area contributed by atoms with Crippen molar-refractivity contribution in [2.24, 2.45) is 0 Å². The van der Waals surface area contributed by atoms with E-state index in [1.54, 1.807) is 18.3 Å². The molecule has 0 atom stereocenters. The van der Waals surface area contributed by atoms with Gasteiger partial charge < -0.3 is 9.73 Å². The van der Waals surface area contributed by atoms with Crippen molar-refractivity contribution < 1.29 is 4.42 Å². The zero-order valence-corrected chi connectivity index (χ0v) is 9.81. The fourth-order valence-electron chi connectivity index (χ4n) is 1.45. The van der Waals surface area contributed by atoms with Gasteiger partial charge in [0.25, 0.3) is 5.89 Å². The molecule has 1 fully saturated rings. The molecule has 0 aromatic carbocycles. The van der Waals surface area contributed by atoms with E-state index in [-0.39, 0.29) is 0 Å². The summed E-state index contributed by atoms with van der Waals surface area (Å²) in [5.74, 6) is 1.01. The first-order valence-corrected chi connectivity index (χ1v) is 5.87. The maximum atomic E-state index is 5.76. The highest BCUT2D eigenvalue weighted by Gasteiger charge is 2.21. The minimum Gasteiger partial charge on any atom is -0.418 e. The third-order valence-electron chi connectivity index (χ3n) is 2.53. The lowest BCUT2D eigenvalue weighted by atomic mass is 10.3. The van der Waals surface area contributed by atoms with Crippen LogP contribution in [0.3, 0.4) is 0 Å². The van der Waals surface area contributed by atoms with Gasteiger partial charge in [0.05, 0.1) is 11.6 Å². The SMILES string of the molecule is Clc1ccc(-c2nnc(CNC3CC3)o2)nc1. The second kappa shape index (κ2) is 4.43. The van der Waals surface area contributed by atoms with Gasteiger partial charge in [-0.25, -0.2) is 4.98 Å². The Hall–Kier alpha value is -1.46.